The Hall–Kier alpha value is -2.22. The number of carbonyl (C=O) groups is 2. The van der Waals surface area contributed by atoms with E-state index in [1.54, 1.807) is 0 Å². The number of ether oxygens (including phenoxy) is 1. The predicted octanol–water partition coefficient (Wildman–Crippen LogP) is 1.92. The van der Waals surface area contributed by atoms with Gasteiger partial charge in [-0.3, -0.25) is 0 Å². The van der Waals surface area contributed by atoms with Crippen molar-refractivity contribution in [2.45, 2.75) is 12.5 Å². The quantitative estimate of drug-likeness (QED) is 0.894. The molecule has 0 saturated carbocycles. The molecule has 1 saturated heterocycles. The number of carboxylic acid groups (broad SMARTS) is 1. The molecule has 1 atom stereocenters. The lowest BCUT2D eigenvalue weighted by Gasteiger charge is -2.17. The molecule has 1 fully saturated rings. The van der Waals surface area contributed by atoms with E-state index >= 15 is 0 Å². The Kier molecular flexibility index (Phi) is 4.37. The molecule has 0 spiro atoms. The van der Waals surface area contributed by atoms with E-state index in [1.807, 2.05) is 0 Å². The van der Waals surface area contributed by atoms with Gasteiger partial charge in [-0.1, -0.05) is 0 Å². The van der Waals surface area contributed by atoms with Gasteiger partial charge in [-0.25, -0.2) is 18.4 Å². The minimum atomic E-state index is -1.54. The van der Waals surface area contributed by atoms with Crippen LogP contribution in [0.25, 0.3) is 0 Å². The van der Waals surface area contributed by atoms with Crippen LogP contribution in [0.1, 0.15) is 16.8 Å². The van der Waals surface area contributed by atoms with Crippen LogP contribution in [0.2, 0.25) is 0 Å². The third-order valence-corrected chi connectivity index (χ3v) is 3.29. The zero-order valence-electron chi connectivity index (χ0n) is 11.2. The molecular weight excluding hydrogens is 286 g/mol. The maximum absolute atomic E-state index is 13.6. The lowest BCUT2D eigenvalue weighted by atomic mass is 10.2. The van der Waals surface area contributed by atoms with Crippen molar-refractivity contribution >= 4 is 17.7 Å². The number of hydrogen-bond acceptors (Lipinski definition) is 3. The van der Waals surface area contributed by atoms with Crippen LogP contribution in [0.5, 0.6) is 0 Å². The van der Waals surface area contributed by atoms with Crippen molar-refractivity contribution in [2.24, 2.45) is 0 Å². The predicted molar refractivity (Wildman–Crippen MR) is 69.3 cm³/mol. The lowest BCUT2D eigenvalue weighted by Crippen LogP contribution is -2.34. The highest BCUT2D eigenvalue weighted by molar-refractivity contribution is 5.93. The monoisotopic (exact) mass is 300 g/mol. The Morgan fingerprint density at radius 2 is 2.10 bits per heavy atom. The largest absolute Gasteiger partial charge is 0.478 e. The van der Waals surface area contributed by atoms with Crippen LogP contribution in [0.4, 0.5) is 19.3 Å². The van der Waals surface area contributed by atoms with Crippen molar-refractivity contribution in [1.29, 1.82) is 0 Å². The molecule has 2 rings (SSSR count). The normalized spacial score (nSPS) is 17.9. The van der Waals surface area contributed by atoms with Crippen molar-refractivity contribution in [3.8, 4) is 0 Å². The number of aromatic carboxylic acids is 1. The van der Waals surface area contributed by atoms with Gasteiger partial charge in [0.25, 0.3) is 0 Å². The molecule has 2 amide bonds. The highest BCUT2D eigenvalue weighted by Crippen LogP contribution is 2.21. The average molecular weight is 300 g/mol. The summed E-state index contributed by atoms with van der Waals surface area (Å²) in [6, 6.07) is 0.604. The van der Waals surface area contributed by atoms with Gasteiger partial charge in [0.15, 0.2) is 0 Å². The van der Waals surface area contributed by atoms with E-state index in [0.717, 1.165) is 6.07 Å². The molecule has 0 aromatic heterocycles. The second kappa shape index (κ2) is 6.04. The molecule has 0 bridgehead atoms. The van der Waals surface area contributed by atoms with Gasteiger partial charge in [0.1, 0.15) is 11.6 Å². The lowest BCUT2D eigenvalue weighted by molar-refractivity contribution is 0.0691. The summed E-state index contributed by atoms with van der Waals surface area (Å²) in [5, 5.41) is 11.0. The fourth-order valence-corrected chi connectivity index (χ4v) is 2.11. The van der Waals surface area contributed by atoms with E-state index in [-0.39, 0.29) is 11.8 Å². The van der Waals surface area contributed by atoms with Gasteiger partial charge in [-0.2, -0.15) is 0 Å². The average Bonchev–Trinajstić information content (AvgIpc) is 2.90. The summed E-state index contributed by atoms with van der Waals surface area (Å²) in [6.45, 7) is 0.801. The fraction of sp³-hybridized carbons (Fsp3) is 0.385. The van der Waals surface area contributed by atoms with E-state index < -0.39 is 29.2 Å². The minimum Gasteiger partial charge on any atom is -0.478 e. The van der Waals surface area contributed by atoms with Crippen LogP contribution in [0.15, 0.2) is 12.1 Å². The number of hydrogen-bond donors (Lipinski definition) is 2. The Bertz CT molecular complexity index is 580. The number of amides is 2. The molecule has 1 aliphatic rings. The number of nitrogens with zero attached hydrogens (tertiary/aromatic N) is 1. The molecule has 1 aromatic rings. The summed E-state index contributed by atoms with van der Waals surface area (Å²) in [5.74, 6) is -3.77. The maximum atomic E-state index is 13.6. The first-order valence-electron chi connectivity index (χ1n) is 6.23. The summed E-state index contributed by atoms with van der Waals surface area (Å²) in [6.07, 6.45) is 0.583. The van der Waals surface area contributed by atoms with Crippen LogP contribution >= 0.6 is 0 Å². The van der Waals surface area contributed by atoms with Crippen LogP contribution in [-0.4, -0.2) is 48.3 Å². The second-order valence-corrected chi connectivity index (χ2v) is 4.64. The topological polar surface area (TPSA) is 78.9 Å². The Morgan fingerprint density at radius 1 is 1.38 bits per heavy atom. The van der Waals surface area contributed by atoms with Gasteiger partial charge >= 0.3 is 12.0 Å². The summed E-state index contributed by atoms with van der Waals surface area (Å²) in [4.78, 5) is 24.2. The SMILES string of the molecule is COC1CCN(C(=O)Nc2cc(C(=O)O)c(F)cc2F)C1. The minimum absolute atomic E-state index is 0.0802. The van der Waals surface area contributed by atoms with Crippen molar-refractivity contribution in [3.05, 3.63) is 29.3 Å². The van der Waals surface area contributed by atoms with Gasteiger partial charge in [0, 0.05) is 26.3 Å². The molecule has 1 aliphatic heterocycles. The Balaban J connectivity index is 2.14. The summed E-state index contributed by atoms with van der Waals surface area (Å²) in [5.41, 5.74) is -1.08. The highest BCUT2D eigenvalue weighted by Gasteiger charge is 2.27. The van der Waals surface area contributed by atoms with E-state index in [1.165, 1.54) is 12.0 Å². The smallest absolute Gasteiger partial charge is 0.338 e. The van der Waals surface area contributed by atoms with Gasteiger partial charge in [-0.15, -0.1) is 0 Å². The Morgan fingerprint density at radius 3 is 2.67 bits per heavy atom. The van der Waals surface area contributed by atoms with Crippen LogP contribution in [0.3, 0.4) is 0 Å². The third-order valence-electron chi connectivity index (χ3n) is 3.29. The molecule has 1 unspecified atom stereocenters. The van der Waals surface area contributed by atoms with E-state index in [2.05, 4.69) is 5.32 Å². The van der Waals surface area contributed by atoms with E-state index in [9.17, 15) is 18.4 Å². The number of urea groups is 1. The van der Waals surface area contributed by atoms with Crippen LogP contribution in [0, 0.1) is 11.6 Å². The van der Waals surface area contributed by atoms with Gasteiger partial charge in [0.2, 0.25) is 0 Å². The fourth-order valence-electron chi connectivity index (χ4n) is 2.11. The summed E-state index contributed by atoms with van der Waals surface area (Å²) >= 11 is 0. The number of likely N-dealkylation sites (tertiary alicyclic amines) is 1. The molecule has 1 heterocycles. The first-order chi connectivity index (χ1) is 9.92. The molecule has 0 radical (unpaired) electrons. The first kappa shape index (κ1) is 15.2. The van der Waals surface area contributed by atoms with E-state index in [0.29, 0.717) is 25.6 Å². The van der Waals surface area contributed by atoms with Crippen LogP contribution < -0.4 is 5.32 Å². The molecule has 0 aliphatic carbocycles. The third kappa shape index (κ3) is 3.27. The molecule has 2 N–H and O–H groups in total. The summed E-state index contributed by atoms with van der Waals surface area (Å²) in [7, 11) is 1.53. The number of benzene rings is 1. The maximum Gasteiger partial charge on any atom is 0.338 e. The Labute approximate surface area is 119 Å². The molecule has 21 heavy (non-hydrogen) atoms. The molecule has 6 nitrogen and oxygen atoms in total. The van der Waals surface area contributed by atoms with Gasteiger partial charge in [-0.05, 0) is 12.5 Å². The molecule has 1 aromatic carbocycles. The number of methoxy groups -OCH3 is 1. The van der Waals surface area contributed by atoms with Crippen molar-refractivity contribution in [1.82, 2.24) is 4.90 Å². The van der Waals surface area contributed by atoms with Crippen LogP contribution in [-0.2, 0) is 4.74 Å². The standard InChI is InChI=1S/C13H14F2N2O4/c1-21-7-2-3-17(6-7)13(20)16-11-4-8(12(18)19)9(14)5-10(11)15/h4-5,7H,2-3,6H2,1H3,(H,16,20)(H,18,19). The van der Waals surface area contributed by atoms with Crippen molar-refractivity contribution < 1.29 is 28.2 Å². The van der Waals surface area contributed by atoms with Crippen molar-refractivity contribution in [2.75, 3.05) is 25.5 Å². The van der Waals surface area contributed by atoms with E-state index in [4.69, 9.17) is 9.84 Å². The number of nitrogens with one attached hydrogen (secondary N) is 1. The number of carboxylic acids is 1. The van der Waals surface area contributed by atoms with Gasteiger partial charge < -0.3 is 20.1 Å². The zero-order chi connectivity index (χ0) is 15.6. The van der Waals surface area contributed by atoms with Gasteiger partial charge in [0.05, 0.1) is 17.4 Å². The second-order valence-electron chi connectivity index (χ2n) is 4.64. The number of anilines is 1. The zero-order valence-corrected chi connectivity index (χ0v) is 11.2. The number of halogens is 2. The number of rotatable bonds is 3. The molecule has 114 valence electrons. The first-order valence-corrected chi connectivity index (χ1v) is 6.23. The highest BCUT2D eigenvalue weighted by atomic mass is 19.1. The molecule has 8 heteroatoms. The summed E-state index contributed by atoms with van der Waals surface area (Å²) < 4.78 is 32.0. The number of carbonyl (C=O) groups excluding carboxylic acids is 1. The van der Waals surface area contributed by atoms with Crippen molar-refractivity contribution in [3.63, 3.8) is 0 Å². The molecular formula is C13H14F2N2O4.